The average molecular weight is 259 g/mol. The summed E-state index contributed by atoms with van der Waals surface area (Å²) in [5.74, 6) is 1.30. The molecule has 4 nitrogen and oxygen atoms in total. The molecule has 0 aromatic heterocycles. The van der Waals surface area contributed by atoms with Gasteiger partial charge in [0.15, 0.2) is 0 Å². The second-order valence-corrected chi connectivity index (χ2v) is 5.10. The number of nitrogens with zero attached hydrogens (tertiary/aromatic N) is 1. The number of nitrogens with one attached hydrogen (secondary N) is 2. The van der Waals surface area contributed by atoms with E-state index in [1.807, 2.05) is 18.2 Å². The van der Waals surface area contributed by atoms with Gasteiger partial charge in [0.1, 0.15) is 11.8 Å². The smallest absolute Gasteiger partial charge is 0.136 e. The maximum Gasteiger partial charge on any atom is 0.136 e. The zero-order chi connectivity index (χ0) is 13.7. The van der Waals surface area contributed by atoms with Crippen molar-refractivity contribution in [1.29, 1.82) is 5.26 Å². The summed E-state index contributed by atoms with van der Waals surface area (Å²) in [6.45, 7) is 5.24. The molecule has 0 radical (unpaired) electrons. The minimum absolute atomic E-state index is 0.558. The molecule has 0 bridgehead atoms. The number of ether oxygens (including phenoxy) is 1. The van der Waals surface area contributed by atoms with E-state index in [0.29, 0.717) is 23.3 Å². The maximum atomic E-state index is 8.96. The van der Waals surface area contributed by atoms with Crippen LogP contribution < -0.4 is 15.4 Å². The molecule has 1 aromatic rings. The lowest BCUT2D eigenvalue weighted by atomic mass is 9.95. The third-order valence-corrected chi connectivity index (χ3v) is 3.74. The van der Waals surface area contributed by atoms with Crippen molar-refractivity contribution < 1.29 is 4.74 Å². The second-order valence-electron chi connectivity index (χ2n) is 5.10. The molecule has 2 unspecified atom stereocenters. The van der Waals surface area contributed by atoms with Gasteiger partial charge in [0.05, 0.1) is 12.7 Å². The van der Waals surface area contributed by atoms with Crippen molar-refractivity contribution >= 4 is 0 Å². The molecule has 0 saturated carbocycles. The zero-order valence-electron chi connectivity index (χ0n) is 11.6. The van der Waals surface area contributed by atoms with Crippen LogP contribution in [-0.2, 0) is 6.54 Å². The zero-order valence-corrected chi connectivity index (χ0v) is 11.6. The molecular weight excluding hydrogens is 238 g/mol. The van der Waals surface area contributed by atoms with Crippen molar-refractivity contribution in [2.45, 2.75) is 25.9 Å². The van der Waals surface area contributed by atoms with E-state index in [1.165, 1.54) is 0 Å². The molecule has 2 rings (SSSR count). The van der Waals surface area contributed by atoms with Crippen molar-refractivity contribution in [3.8, 4) is 11.8 Å². The van der Waals surface area contributed by atoms with Gasteiger partial charge in [-0.3, -0.25) is 0 Å². The highest BCUT2D eigenvalue weighted by molar-refractivity contribution is 5.45. The molecule has 2 atom stereocenters. The van der Waals surface area contributed by atoms with Crippen LogP contribution in [0.2, 0.25) is 0 Å². The first-order valence-corrected chi connectivity index (χ1v) is 6.75. The molecule has 1 heterocycles. The standard InChI is InChI=1S/C15H21N3O/c1-11-9-17-6-5-14(11)18-10-12-3-4-13(8-16)15(7-12)19-2/h3-4,7,11,14,17-18H,5-6,9-10H2,1-2H3. The molecule has 0 aliphatic carbocycles. The summed E-state index contributed by atoms with van der Waals surface area (Å²) in [4.78, 5) is 0. The van der Waals surface area contributed by atoms with Gasteiger partial charge in [-0.05, 0) is 43.1 Å². The molecule has 1 saturated heterocycles. The summed E-state index contributed by atoms with van der Waals surface area (Å²) in [5.41, 5.74) is 1.74. The normalized spacial score (nSPS) is 22.8. The Morgan fingerprint density at radius 2 is 2.37 bits per heavy atom. The van der Waals surface area contributed by atoms with Gasteiger partial charge in [-0.15, -0.1) is 0 Å². The molecule has 2 N–H and O–H groups in total. The Hall–Kier alpha value is -1.57. The van der Waals surface area contributed by atoms with E-state index in [-0.39, 0.29) is 0 Å². The van der Waals surface area contributed by atoms with Gasteiger partial charge in [0.25, 0.3) is 0 Å². The van der Waals surface area contributed by atoms with Gasteiger partial charge in [0.2, 0.25) is 0 Å². The minimum Gasteiger partial charge on any atom is -0.495 e. The number of benzene rings is 1. The van der Waals surface area contributed by atoms with E-state index in [4.69, 9.17) is 10.00 Å². The second kappa shape index (κ2) is 6.55. The Morgan fingerprint density at radius 3 is 3.05 bits per heavy atom. The summed E-state index contributed by atoms with van der Waals surface area (Å²) in [5, 5.41) is 16.0. The molecule has 1 aliphatic rings. The largest absolute Gasteiger partial charge is 0.495 e. The lowest BCUT2D eigenvalue weighted by Gasteiger charge is -2.30. The molecule has 1 aromatic carbocycles. The number of piperidine rings is 1. The first-order chi connectivity index (χ1) is 9.24. The summed E-state index contributed by atoms with van der Waals surface area (Å²) in [6, 6.07) is 8.44. The third kappa shape index (κ3) is 3.46. The Labute approximate surface area is 114 Å². The van der Waals surface area contributed by atoms with Crippen LogP contribution in [0.25, 0.3) is 0 Å². The first kappa shape index (κ1) is 13.9. The summed E-state index contributed by atoms with van der Waals surface area (Å²) < 4.78 is 5.23. The fourth-order valence-corrected chi connectivity index (χ4v) is 2.50. The highest BCUT2D eigenvalue weighted by atomic mass is 16.5. The summed E-state index contributed by atoms with van der Waals surface area (Å²) in [7, 11) is 1.60. The van der Waals surface area contributed by atoms with Crippen molar-refractivity contribution in [3.05, 3.63) is 29.3 Å². The number of rotatable bonds is 4. The predicted molar refractivity (Wildman–Crippen MR) is 75.0 cm³/mol. The molecule has 19 heavy (non-hydrogen) atoms. The molecule has 0 spiro atoms. The van der Waals surface area contributed by atoms with Crippen LogP contribution in [-0.4, -0.2) is 26.2 Å². The van der Waals surface area contributed by atoms with Crippen LogP contribution in [0, 0.1) is 17.2 Å². The van der Waals surface area contributed by atoms with Crippen molar-refractivity contribution in [2.24, 2.45) is 5.92 Å². The fraction of sp³-hybridized carbons (Fsp3) is 0.533. The first-order valence-electron chi connectivity index (χ1n) is 6.75. The monoisotopic (exact) mass is 259 g/mol. The van der Waals surface area contributed by atoms with Gasteiger partial charge < -0.3 is 15.4 Å². The van der Waals surface area contributed by atoms with E-state index in [9.17, 15) is 0 Å². The predicted octanol–water partition coefficient (Wildman–Crippen LogP) is 1.65. The fourth-order valence-electron chi connectivity index (χ4n) is 2.50. The molecule has 102 valence electrons. The minimum atomic E-state index is 0.558. The average Bonchev–Trinajstić information content (AvgIpc) is 2.46. The molecule has 4 heteroatoms. The number of hydrogen-bond donors (Lipinski definition) is 2. The number of methoxy groups -OCH3 is 1. The van der Waals surface area contributed by atoms with Crippen LogP contribution in [0.5, 0.6) is 5.75 Å². The van der Waals surface area contributed by atoms with E-state index in [1.54, 1.807) is 7.11 Å². The van der Waals surface area contributed by atoms with Crippen LogP contribution in [0.3, 0.4) is 0 Å². The SMILES string of the molecule is COc1cc(CNC2CCNCC2C)ccc1C#N. The summed E-state index contributed by atoms with van der Waals surface area (Å²) in [6.07, 6.45) is 1.16. The van der Waals surface area contributed by atoms with Gasteiger partial charge in [-0.1, -0.05) is 13.0 Å². The van der Waals surface area contributed by atoms with Crippen LogP contribution in [0.4, 0.5) is 0 Å². The quantitative estimate of drug-likeness (QED) is 0.863. The Bertz CT molecular complexity index is 467. The van der Waals surface area contributed by atoms with E-state index < -0.39 is 0 Å². The van der Waals surface area contributed by atoms with Crippen LogP contribution in [0.1, 0.15) is 24.5 Å². The highest BCUT2D eigenvalue weighted by Crippen LogP contribution is 2.19. The maximum absolute atomic E-state index is 8.96. The molecule has 1 aliphatic heterocycles. The van der Waals surface area contributed by atoms with E-state index >= 15 is 0 Å². The van der Waals surface area contributed by atoms with Gasteiger partial charge >= 0.3 is 0 Å². The molecule has 1 fully saturated rings. The van der Waals surface area contributed by atoms with Crippen LogP contribution >= 0.6 is 0 Å². The van der Waals surface area contributed by atoms with Crippen molar-refractivity contribution in [2.75, 3.05) is 20.2 Å². The van der Waals surface area contributed by atoms with E-state index in [0.717, 1.165) is 31.6 Å². The lowest BCUT2D eigenvalue weighted by molar-refractivity contribution is 0.295. The number of hydrogen-bond acceptors (Lipinski definition) is 4. The van der Waals surface area contributed by atoms with E-state index in [2.05, 4.69) is 23.6 Å². The Balaban J connectivity index is 1.97. The van der Waals surface area contributed by atoms with Crippen molar-refractivity contribution in [1.82, 2.24) is 10.6 Å². The third-order valence-electron chi connectivity index (χ3n) is 3.74. The molecular formula is C15H21N3O. The Kier molecular flexibility index (Phi) is 4.78. The van der Waals surface area contributed by atoms with Gasteiger partial charge in [-0.25, -0.2) is 0 Å². The number of nitriles is 1. The lowest BCUT2D eigenvalue weighted by Crippen LogP contribution is -2.45. The molecule has 0 amide bonds. The summed E-state index contributed by atoms with van der Waals surface area (Å²) >= 11 is 0. The van der Waals surface area contributed by atoms with Gasteiger partial charge in [0, 0.05) is 12.6 Å². The highest BCUT2D eigenvalue weighted by Gasteiger charge is 2.20. The van der Waals surface area contributed by atoms with Gasteiger partial charge in [-0.2, -0.15) is 5.26 Å². The topological polar surface area (TPSA) is 57.1 Å². The Morgan fingerprint density at radius 1 is 1.53 bits per heavy atom. The van der Waals surface area contributed by atoms with Crippen molar-refractivity contribution in [3.63, 3.8) is 0 Å². The van der Waals surface area contributed by atoms with Crippen LogP contribution in [0.15, 0.2) is 18.2 Å².